The molecule has 0 bridgehead atoms. The Labute approximate surface area is 192 Å². The van der Waals surface area contributed by atoms with Crippen LogP contribution in [-0.2, 0) is 11.3 Å². The molecule has 1 fully saturated rings. The number of carbonyl (C=O) groups is 2. The zero-order chi connectivity index (χ0) is 23.1. The van der Waals surface area contributed by atoms with Crippen molar-refractivity contribution >= 4 is 11.8 Å². The molecule has 0 aliphatic carbocycles. The molecule has 5 nitrogen and oxygen atoms in total. The summed E-state index contributed by atoms with van der Waals surface area (Å²) >= 11 is 0. The van der Waals surface area contributed by atoms with Crippen LogP contribution in [-0.4, -0.2) is 53.8 Å². The molecule has 172 valence electrons. The number of hydrogen-bond acceptors (Lipinski definition) is 3. The van der Waals surface area contributed by atoms with Gasteiger partial charge in [-0.25, -0.2) is 0 Å². The maximum absolute atomic E-state index is 13.5. The third kappa shape index (κ3) is 6.42. The van der Waals surface area contributed by atoms with Crippen LogP contribution in [0.15, 0.2) is 48.5 Å². The van der Waals surface area contributed by atoms with E-state index in [-0.39, 0.29) is 11.8 Å². The summed E-state index contributed by atoms with van der Waals surface area (Å²) in [6.07, 6.45) is 1.58. The molecule has 0 aromatic heterocycles. The van der Waals surface area contributed by atoms with Gasteiger partial charge in [-0.3, -0.25) is 14.5 Å². The molecule has 0 spiro atoms. The molecule has 1 unspecified atom stereocenters. The molecule has 32 heavy (non-hydrogen) atoms. The predicted molar refractivity (Wildman–Crippen MR) is 130 cm³/mol. The summed E-state index contributed by atoms with van der Waals surface area (Å²) in [4.78, 5) is 30.7. The number of nitrogens with zero attached hydrogens (tertiary/aromatic N) is 2. The van der Waals surface area contributed by atoms with Gasteiger partial charge in [-0.1, -0.05) is 56.3 Å². The molecule has 1 N–H and O–H groups in total. The number of hydrogen-bond donors (Lipinski definition) is 1. The van der Waals surface area contributed by atoms with Gasteiger partial charge in [0, 0.05) is 38.3 Å². The first-order chi connectivity index (χ1) is 15.3. The Kier molecular flexibility index (Phi) is 8.46. The maximum Gasteiger partial charge on any atom is 0.252 e. The number of carbonyl (C=O) groups excluding carboxylic acids is 2. The first-order valence-corrected chi connectivity index (χ1v) is 11.8. The van der Waals surface area contributed by atoms with E-state index in [0.717, 1.165) is 38.2 Å². The van der Waals surface area contributed by atoms with E-state index in [1.54, 1.807) is 0 Å². The minimum absolute atomic E-state index is 0.0402. The largest absolute Gasteiger partial charge is 0.340 e. The first-order valence-electron chi connectivity index (χ1n) is 11.8. The summed E-state index contributed by atoms with van der Waals surface area (Å²) in [5.74, 6) is 0.183. The van der Waals surface area contributed by atoms with Crippen LogP contribution >= 0.6 is 0 Å². The van der Waals surface area contributed by atoms with Gasteiger partial charge in [0.05, 0.1) is 0 Å². The molecule has 1 aliphatic heterocycles. The van der Waals surface area contributed by atoms with Crippen LogP contribution in [0.1, 0.15) is 53.7 Å². The van der Waals surface area contributed by atoms with Gasteiger partial charge in [-0.2, -0.15) is 0 Å². The molecule has 1 saturated heterocycles. The summed E-state index contributed by atoms with van der Waals surface area (Å²) in [5.41, 5.74) is 4.20. The Morgan fingerprint density at radius 1 is 0.906 bits per heavy atom. The molecule has 2 aromatic carbocycles. The lowest BCUT2D eigenvalue weighted by atomic mass is 10.0. The highest BCUT2D eigenvalue weighted by atomic mass is 16.2. The molecule has 1 heterocycles. The first kappa shape index (κ1) is 24.0. The third-order valence-electron chi connectivity index (χ3n) is 6.26. The Balaban J connectivity index is 1.65. The molecule has 2 amide bonds. The summed E-state index contributed by atoms with van der Waals surface area (Å²) in [6, 6.07) is 15.5. The van der Waals surface area contributed by atoms with E-state index in [9.17, 15) is 9.59 Å². The van der Waals surface area contributed by atoms with E-state index in [0.29, 0.717) is 24.4 Å². The van der Waals surface area contributed by atoms with Crippen LogP contribution in [0.25, 0.3) is 0 Å². The van der Waals surface area contributed by atoms with Gasteiger partial charge < -0.3 is 10.2 Å². The lowest BCUT2D eigenvalue weighted by Gasteiger charge is -2.28. The Morgan fingerprint density at radius 2 is 1.59 bits per heavy atom. The standard InChI is InChI=1S/C27H37N3O2/c1-20(2)18-25(28-26(31)24-13-8-6-11-22(24)4)27(32)30-15-9-14-29(16-17-30)19-23-12-7-5-10-21(23)3/h5-8,10-13,20,25H,9,14-19H2,1-4H3,(H,28,31). The predicted octanol–water partition coefficient (Wildman–Crippen LogP) is 4.18. The van der Waals surface area contributed by atoms with Gasteiger partial charge in [0.15, 0.2) is 0 Å². The third-order valence-corrected chi connectivity index (χ3v) is 6.26. The molecule has 1 atom stereocenters. The zero-order valence-corrected chi connectivity index (χ0v) is 19.9. The summed E-state index contributed by atoms with van der Waals surface area (Å²) in [6.45, 7) is 12.4. The van der Waals surface area contributed by atoms with Gasteiger partial charge in [0.25, 0.3) is 5.91 Å². The lowest BCUT2D eigenvalue weighted by molar-refractivity contribution is -0.133. The van der Waals surface area contributed by atoms with Crippen molar-refractivity contribution in [2.45, 2.75) is 53.1 Å². The van der Waals surface area contributed by atoms with Gasteiger partial charge in [-0.05, 0) is 55.4 Å². The maximum atomic E-state index is 13.5. The Morgan fingerprint density at radius 3 is 2.28 bits per heavy atom. The van der Waals surface area contributed by atoms with Crippen molar-refractivity contribution in [1.82, 2.24) is 15.1 Å². The number of benzene rings is 2. The second-order valence-corrected chi connectivity index (χ2v) is 9.35. The van der Waals surface area contributed by atoms with E-state index in [1.165, 1.54) is 11.1 Å². The van der Waals surface area contributed by atoms with Crippen LogP contribution < -0.4 is 5.32 Å². The minimum Gasteiger partial charge on any atom is -0.340 e. The van der Waals surface area contributed by atoms with Crippen molar-refractivity contribution in [3.63, 3.8) is 0 Å². The van der Waals surface area contributed by atoms with E-state index in [4.69, 9.17) is 0 Å². The second kappa shape index (κ2) is 11.3. The highest BCUT2D eigenvalue weighted by molar-refractivity contribution is 5.98. The highest BCUT2D eigenvalue weighted by Gasteiger charge is 2.28. The summed E-state index contributed by atoms with van der Waals surface area (Å²) in [5, 5.41) is 3.04. The van der Waals surface area contributed by atoms with Crippen molar-refractivity contribution in [2.24, 2.45) is 5.92 Å². The average Bonchev–Trinajstić information content (AvgIpc) is 3.00. The number of amides is 2. The topological polar surface area (TPSA) is 52.6 Å². The minimum atomic E-state index is -0.495. The number of rotatable bonds is 7. The molecule has 0 saturated carbocycles. The van der Waals surface area contributed by atoms with Crippen LogP contribution in [0.3, 0.4) is 0 Å². The summed E-state index contributed by atoms with van der Waals surface area (Å²) < 4.78 is 0. The van der Waals surface area contributed by atoms with E-state index in [1.807, 2.05) is 36.1 Å². The molecular weight excluding hydrogens is 398 g/mol. The van der Waals surface area contributed by atoms with Crippen molar-refractivity contribution < 1.29 is 9.59 Å². The van der Waals surface area contributed by atoms with Crippen LogP contribution in [0.5, 0.6) is 0 Å². The van der Waals surface area contributed by atoms with Crippen LogP contribution in [0, 0.1) is 19.8 Å². The van der Waals surface area contributed by atoms with E-state index >= 15 is 0 Å². The number of aryl methyl sites for hydroxylation is 2. The highest BCUT2D eigenvalue weighted by Crippen LogP contribution is 2.16. The van der Waals surface area contributed by atoms with Crippen molar-refractivity contribution in [2.75, 3.05) is 26.2 Å². The van der Waals surface area contributed by atoms with Gasteiger partial charge in [-0.15, -0.1) is 0 Å². The molecule has 2 aromatic rings. The van der Waals surface area contributed by atoms with Crippen molar-refractivity contribution in [1.29, 1.82) is 0 Å². The molecular formula is C27H37N3O2. The quantitative estimate of drug-likeness (QED) is 0.710. The van der Waals surface area contributed by atoms with Crippen molar-refractivity contribution in [3.05, 3.63) is 70.8 Å². The van der Waals surface area contributed by atoms with Crippen LogP contribution in [0.4, 0.5) is 0 Å². The monoisotopic (exact) mass is 435 g/mol. The normalized spacial score (nSPS) is 16.0. The zero-order valence-electron chi connectivity index (χ0n) is 19.9. The fourth-order valence-electron chi connectivity index (χ4n) is 4.35. The van der Waals surface area contributed by atoms with Gasteiger partial charge >= 0.3 is 0 Å². The average molecular weight is 436 g/mol. The van der Waals surface area contributed by atoms with Crippen molar-refractivity contribution in [3.8, 4) is 0 Å². The summed E-state index contributed by atoms with van der Waals surface area (Å²) in [7, 11) is 0. The molecule has 5 heteroatoms. The number of nitrogens with one attached hydrogen (secondary N) is 1. The molecule has 1 aliphatic rings. The SMILES string of the molecule is Cc1ccccc1CN1CCCN(C(=O)C(CC(C)C)NC(=O)c2ccccc2C)CC1. The lowest BCUT2D eigenvalue weighted by Crippen LogP contribution is -2.50. The second-order valence-electron chi connectivity index (χ2n) is 9.35. The fourth-order valence-corrected chi connectivity index (χ4v) is 4.35. The van der Waals surface area contributed by atoms with E-state index in [2.05, 4.69) is 55.3 Å². The van der Waals surface area contributed by atoms with Crippen LogP contribution in [0.2, 0.25) is 0 Å². The van der Waals surface area contributed by atoms with E-state index < -0.39 is 6.04 Å². The van der Waals surface area contributed by atoms with Gasteiger partial charge in [0.1, 0.15) is 6.04 Å². The molecule has 0 radical (unpaired) electrons. The smallest absolute Gasteiger partial charge is 0.252 e. The fraction of sp³-hybridized carbons (Fsp3) is 0.481. The van der Waals surface area contributed by atoms with Gasteiger partial charge in [0.2, 0.25) is 5.91 Å². The molecule has 3 rings (SSSR count). The Hall–Kier alpha value is -2.66. The Bertz CT molecular complexity index is 925.